The zero-order valence-electron chi connectivity index (χ0n) is 51.3. The lowest BCUT2D eigenvalue weighted by atomic mass is 9.80. The summed E-state index contributed by atoms with van der Waals surface area (Å²) in [6.45, 7) is 9.40. The highest BCUT2D eigenvalue weighted by Crippen LogP contribution is 2.58. The minimum atomic E-state index is -1.40. The maximum atomic E-state index is 16.1. The maximum Gasteiger partial charge on any atom is 0.262 e. The molecule has 4 aliphatic heterocycles. The van der Waals surface area contributed by atoms with Crippen LogP contribution in [-0.4, -0.2) is 106 Å². The van der Waals surface area contributed by atoms with Gasteiger partial charge in [-0.3, -0.25) is 38.6 Å². The molecular weight excluding hydrogens is 1190 g/mol. The lowest BCUT2D eigenvalue weighted by molar-refractivity contribution is -0.121. The first-order chi connectivity index (χ1) is 45.7. The largest absolute Gasteiger partial charge is 0.457 e. The van der Waals surface area contributed by atoms with Crippen LogP contribution >= 0.6 is 0 Å². The summed E-state index contributed by atoms with van der Waals surface area (Å²) in [5.74, 6) is -3.67. The number of carbonyl (C=O) groups is 6. The van der Waals surface area contributed by atoms with E-state index >= 15 is 19.2 Å². The topological polar surface area (TPSA) is 245 Å². The molecule has 94 heavy (non-hydrogen) atoms. The number of hydrogen-bond donors (Lipinski definition) is 4. The summed E-state index contributed by atoms with van der Waals surface area (Å²) in [6.07, 6.45) is 3.25. The number of fused-ring (bicyclic) bond motifs is 2. The van der Waals surface area contributed by atoms with Gasteiger partial charge < -0.3 is 49.7 Å². The van der Waals surface area contributed by atoms with E-state index in [-0.39, 0.29) is 90.6 Å². The number of hydrogen-bond acceptors (Lipinski definition) is 16. The first-order valence-electron chi connectivity index (χ1n) is 31.0. The van der Waals surface area contributed by atoms with Crippen LogP contribution in [0, 0.1) is 11.8 Å². The smallest absolute Gasteiger partial charge is 0.262 e. The van der Waals surface area contributed by atoms with Gasteiger partial charge in [-0.1, -0.05) is 100 Å². The van der Waals surface area contributed by atoms with E-state index in [9.17, 15) is 9.59 Å². The standard InChI is InChI=1S/C74H60N8O12/c1-39(2)67(69(83)79-57-29-41(25-27-75-57)77-35-47-37-89-47)81-71(85)49-31-53(91-43-17-9-5-10-18-43)61-63-55(93-45-21-13-7-14-22-45)33-51-60-52(74(88)82(73(51)87)68(40(3)4)70(84)80-58-30-42(26-28-76-58)78-36-48-38-90-48)34-56(94-46-23-15-8-16-24-46)64(66(60)63)62-54(92-44-19-11-6-12-20-44)32-50(72(81)86)59(49)65(61)62/h5-34,39-40,47-48,67-68H,35-38H2,1-4H3,(H2,75,77,79,83)(H2,76,78,80,84). The number of aromatic nitrogens is 2. The van der Waals surface area contributed by atoms with E-state index in [2.05, 4.69) is 31.2 Å². The molecular formula is C74H60N8O12. The molecule has 4 aliphatic rings. The molecule has 2 fully saturated rings. The van der Waals surface area contributed by atoms with Gasteiger partial charge in [0.2, 0.25) is 11.8 Å². The summed E-state index contributed by atoms with van der Waals surface area (Å²) in [5, 5.41) is 14.5. The third-order valence-electron chi connectivity index (χ3n) is 17.1. The Balaban J connectivity index is 0.998. The number of carbonyl (C=O) groups excluding carboxylic acids is 6. The Morgan fingerprint density at radius 2 is 0.713 bits per heavy atom. The number of anilines is 4. The van der Waals surface area contributed by atoms with Crippen molar-refractivity contribution in [2.45, 2.75) is 52.0 Å². The molecule has 20 heteroatoms. The van der Waals surface area contributed by atoms with Gasteiger partial charge in [-0.2, -0.15) is 0 Å². The number of ether oxygens (including phenoxy) is 6. The number of imide groups is 2. The molecule has 11 aromatic rings. The molecule has 6 heterocycles. The SMILES string of the molecule is CC(C)C(C(=O)Nc1cc(NCC2CO2)ccn1)N1C(=O)c2cc(Oc3ccccc3)c3c4c(Oc5ccccc5)cc5c6c(cc(Oc7ccccc7)c(c7c(Oc8ccccc8)cc(c2c37)C1=O)c64)C(=O)N(C(C(=O)Nc1cc(NCC2CO2)ccn1)C(C)C)C5=O. The molecule has 2 aromatic heterocycles. The van der Waals surface area contributed by atoms with Crippen molar-refractivity contribution in [3.8, 4) is 46.0 Å². The molecule has 0 radical (unpaired) electrons. The van der Waals surface area contributed by atoms with Crippen molar-refractivity contribution in [1.82, 2.24) is 19.8 Å². The van der Waals surface area contributed by atoms with Crippen LogP contribution in [0.4, 0.5) is 23.0 Å². The quantitative estimate of drug-likeness (QED) is 0.0213. The van der Waals surface area contributed by atoms with E-state index < -0.39 is 59.4 Å². The minimum absolute atomic E-state index is 0.00649. The predicted octanol–water partition coefficient (Wildman–Crippen LogP) is 13.8. The molecule has 4 atom stereocenters. The summed E-state index contributed by atoms with van der Waals surface area (Å²) in [4.78, 5) is 105. The minimum Gasteiger partial charge on any atom is -0.457 e. The number of benzene rings is 9. The van der Waals surface area contributed by atoms with E-state index in [4.69, 9.17) is 28.4 Å². The van der Waals surface area contributed by atoms with Gasteiger partial charge in [-0.25, -0.2) is 9.97 Å². The number of amides is 6. The third-order valence-corrected chi connectivity index (χ3v) is 17.1. The van der Waals surface area contributed by atoms with Gasteiger partial charge in [-0.05, 0) is 96.8 Å². The molecule has 4 N–H and O–H groups in total. The fraction of sp³-hybridized carbons (Fsp3) is 0.189. The summed E-state index contributed by atoms with van der Waals surface area (Å²) in [5.41, 5.74) is 1.38. The first kappa shape index (κ1) is 58.9. The highest BCUT2D eigenvalue weighted by atomic mass is 16.6. The zero-order chi connectivity index (χ0) is 64.5. The number of pyridine rings is 2. The van der Waals surface area contributed by atoms with Gasteiger partial charge in [0.15, 0.2) is 0 Å². The number of epoxide rings is 2. The average Bonchev–Trinajstić information content (AvgIpc) is 1.45. The lowest BCUT2D eigenvalue weighted by Gasteiger charge is -2.37. The summed E-state index contributed by atoms with van der Waals surface area (Å²) in [7, 11) is 0. The van der Waals surface area contributed by atoms with Gasteiger partial charge in [-0.15, -0.1) is 0 Å². The van der Waals surface area contributed by atoms with E-state index in [1.54, 1.807) is 186 Å². The molecule has 0 spiro atoms. The molecule has 4 unspecified atom stereocenters. The van der Waals surface area contributed by atoms with Crippen LogP contribution in [0.15, 0.2) is 182 Å². The molecule has 0 saturated carbocycles. The average molecular weight is 1250 g/mol. The van der Waals surface area contributed by atoms with E-state index in [0.29, 0.717) is 82.2 Å². The van der Waals surface area contributed by atoms with Crippen molar-refractivity contribution < 1.29 is 57.2 Å². The van der Waals surface area contributed by atoms with Crippen molar-refractivity contribution in [3.63, 3.8) is 0 Å². The summed E-state index contributed by atoms with van der Waals surface area (Å²) < 4.78 is 39.1. The Morgan fingerprint density at radius 3 is 0.979 bits per heavy atom. The molecule has 0 aliphatic carbocycles. The number of para-hydroxylation sites is 4. The molecule has 9 aromatic carbocycles. The Morgan fingerprint density at radius 1 is 0.426 bits per heavy atom. The Kier molecular flexibility index (Phi) is 15.0. The highest BCUT2D eigenvalue weighted by Gasteiger charge is 2.47. The van der Waals surface area contributed by atoms with E-state index in [1.807, 2.05) is 24.3 Å². The van der Waals surface area contributed by atoms with Crippen LogP contribution in [-0.2, 0) is 19.1 Å². The molecule has 2 saturated heterocycles. The zero-order valence-corrected chi connectivity index (χ0v) is 51.3. The van der Waals surface area contributed by atoms with Crippen LogP contribution < -0.4 is 40.2 Å². The van der Waals surface area contributed by atoms with Crippen molar-refractivity contribution in [1.29, 1.82) is 0 Å². The highest BCUT2D eigenvalue weighted by molar-refractivity contribution is 6.45. The van der Waals surface area contributed by atoms with Gasteiger partial charge >= 0.3 is 0 Å². The second-order valence-corrected chi connectivity index (χ2v) is 24.2. The molecule has 20 nitrogen and oxygen atoms in total. The van der Waals surface area contributed by atoms with Crippen molar-refractivity contribution in [3.05, 3.63) is 205 Å². The van der Waals surface area contributed by atoms with E-state index in [1.165, 1.54) is 0 Å². The first-order valence-corrected chi connectivity index (χ1v) is 31.0. The lowest BCUT2D eigenvalue weighted by Crippen LogP contribution is -2.54. The van der Waals surface area contributed by atoms with Gasteiger partial charge in [0, 0.05) is 92.1 Å². The van der Waals surface area contributed by atoms with Crippen molar-refractivity contribution in [2.24, 2.45) is 11.8 Å². The normalized spacial score (nSPS) is 16.2. The van der Waals surface area contributed by atoms with Crippen LogP contribution in [0.5, 0.6) is 46.0 Å². The Hall–Kier alpha value is -11.5. The number of nitrogens with one attached hydrogen (secondary N) is 4. The van der Waals surface area contributed by atoms with Crippen LogP contribution in [0.3, 0.4) is 0 Å². The fourth-order valence-electron chi connectivity index (χ4n) is 12.7. The predicted molar refractivity (Wildman–Crippen MR) is 354 cm³/mol. The van der Waals surface area contributed by atoms with Gasteiger partial charge in [0.1, 0.15) is 69.7 Å². The summed E-state index contributed by atoms with van der Waals surface area (Å²) >= 11 is 0. The monoisotopic (exact) mass is 1250 g/mol. The second-order valence-electron chi connectivity index (χ2n) is 24.2. The number of rotatable bonds is 22. The van der Waals surface area contributed by atoms with Crippen molar-refractivity contribution in [2.75, 3.05) is 47.6 Å². The van der Waals surface area contributed by atoms with Gasteiger partial charge in [0.05, 0.1) is 47.7 Å². The van der Waals surface area contributed by atoms with E-state index in [0.717, 1.165) is 9.80 Å². The molecule has 15 rings (SSSR count). The van der Waals surface area contributed by atoms with Crippen LogP contribution in [0.25, 0.3) is 43.1 Å². The molecule has 0 bridgehead atoms. The van der Waals surface area contributed by atoms with Crippen LogP contribution in [0.1, 0.15) is 69.1 Å². The second kappa shape index (κ2) is 24.0. The van der Waals surface area contributed by atoms with Crippen LogP contribution in [0.2, 0.25) is 0 Å². The maximum absolute atomic E-state index is 16.1. The summed E-state index contributed by atoms with van der Waals surface area (Å²) in [6, 6.07) is 46.0. The Labute approximate surface area is 538 Å². The Bertz CT molecular complexity index is 4360. The molecule has 468 valence electrons. The number of nitrogens with zero attached hydrogens (tertiary/aromatic N) is 4. The van der Waals surface area contributed by atoms with Crippen molar-refractivity contribution >= 4 is 102 Å². The van der Waals surface area contributed by atoms with Gasteiger partial charge in [0.25, 0.3) is 23.6 Å². The molecule has 6 amide bonds. The fourth-order valence-corrected chi connectivity index (χ4v) is 12.7. The third kappa shape index (κ3) is 10.9.